The predicted molar refractivity (Wildman–Crippen MR) is 48.7 cm³/mol. The van der Waals surface area contributed by atoms with Gasteiger partial charge in [0.05, 0.1) is 0 Å². The molecule has 4 nitrogen and oxygen atoms in total. The van der Waals surface area contributed by atoms with Crippen LogP contribution in [0.15, 0.2) is 12.4 Å². The zero-order valence-corrected chi connectivity index (χ0v) is 7.66. The summed E-state index contributed by atoms with van der Waals surface area (Å²) in [6.45, 7) is 3.89. The maximum atomic E-state index is 5.64. The Morgan fingerprint density at radius 3 is 3.15 bits per heavy atom. The molecule has 2 rings (SSSR count). The summed E-state index contributed by atoms with van der Waals surface area (Å²) in [6.07, 6.45) is 2.87. The highest BCUT2D eigenvalue weighted by Crippen LogP contribution is 2.11. The van der Waals surface area contributed by atoms with Crippen LogP contribution >= 0.6 is 0 Å². The Morgan fingerprint density at radius 1 is 1.54 bits per heavy atom. The standard InChI is InChI=1S/C9H13N3O/c1-7-4-9(12-6-11-7)13-8-2-3-10-5-8/h4,6,8,10H,2-3,5H2,1H3/t8-/m1/s1. The second kappa shape index (κ2) is 3.70. The number of aromatic nitrogens is 2. The second-order valence-electron chi connectivity index (χ2n) is 3.23. The summed E-state index contributed by atoms with van der Waals surface area (Å²) in [4.78, 5) is 8.05. The van der Waals surface area contributed by atoms with Gasteiger partial charge in [-0.05, 0) is 19.9 Å². The molecule has 1 aromatic heterocycles. The molecule has 0 aliphatic carbocycles. The Labute approximate surface area is 77.4 Å². The van der Waals surface area contributed by atoms with Gasteiger partial charge in [-0.2, -0.15) is 0 Å². The lowest BCUT2D eigenvalue weighted by Crippen LogP contribution is -2.20. The minimum absolute atomic E-state index is 0.272. The first-order chi connectivity index (χ1) is 6.34. The Balaban J connectivity index is 2.00. The largest absolute Gasteiger partial charge is 0.473 e. The molecule has 0 spiro atoms. The van der Waals surface area contributed by atoms with Gasteiger partial charge >= 0.3 is 0 Å². The van der Waals surface area contributed by atoms with Crippen molar-refractivity contribution in [2.24, 2.45) is 0 Å². The molecule has 0 radical (unpaired) electrons. The minimum Gasteiger partial charge on any atom is -0.473 e. The van der Waals surface area contributed by atoms with Gasteiger partial charge in [0, 0.05) is 18.3 Å². The van der Waals surface area contributed by atoms with Crippen LogP contribution in [0.3, 0.4) is 0 Å². The molecular formula is C9H13N3O. The van der Waals surface area contributed by atoms with Crippen LogP contribution in [0.2, 0.25) is 0 Å². The molecule has 0 saturated carbocycles. The third-order valence-corrected chi connectivity index (χ3v) is 2.08. The fourth-order valence-electron chi connectivity index (χ4n) is 1.39. The van der Waals surface area contributed by atoms with Crippen molar-refractivity contribution >= 4 is 0 Å². The SMILES string of the molecule is Cc1cc(O[C@@H]2CCNC2)ncn1. The van der Waals surface area contributed by atoms with Crippen LogP contribution in [0.1, 0.15) is 12.1 Å². The summed E-state index contributed by atoms with van der Waals surface area (Å²) in [5.41, 5.74) is 0.941. The molecule has 1 aromatic rings. The molecular weight excluding hydrogens is 166 g/mol. The number of ether oxygens (including phenoxy) is 1. The van der Waals surface area contributed by atoms with Gasteiger partial charge in [-0.3, -0.25) is 0 Å². The number of hydrogen-bond acceptors (Lipinski definition) is 4. The molecule has 0 bridgehead atoms. The van der Waals surface area contributed by atoms with Crippen molar-refractivity contribution in [2.45, 2.75) is 19.4 Å². The molecule has 0 aromatic carbocycles. The van der Waals surface area contributed by atoms with E-state index in [4.69, 9.17) is 4.74 Å². The highest BCUT2D eigenvalue weighted by atomic mass is 16.5. The van der Waals surface area contributed by atoms with Crippen LogP contribution in [0.4, 0.5) is 0 Å². The third-order valence-electron chi connectivity index (χ3n) is 2.08. The fourth-order valence-corrected chi connectivity index (χ4v) is 1.39. The van der Waals surface area contributed by atoms with Gasteiger partial charge in [-0.1, -0.05) is 0 Å². The minimum atomic E-state index is 0.272. The van der Waals surface area contributed by atoms with Crippen LogP contribution in [0.25, 0.3) is 0 Å². The van der Waals surface area contributed by atoms with Crippen LogP contribution in [0.5, 0.6) is 5.88 Å². The first-order valence-corrected chi connectivity index (χ1v) is 4.50. The van der Waals surface area contributed by atoms with E-state index < -0.39 is 0 Å². The summed E-state index contributed by atoms with van der Waals surface area (Å²) in [5.74, 6) is 0.682. The van der Waals surface area contributed by atoms with Gasteiger partial charge < -0.3 is 10.1 Å². The molecule has 0 unspecified atom stereocenters. The lowest BCUT2D eigenvalue weighted by atomic mass is 10.3. The smallest absolute Gasteiger partial charge is 0.216 e. The van der Waals surface area contributed by atoms with E-state index in [0.717, 1.165) is 25.2 Å². The van der Waals surface area contributed by atoms with Crippen molar-refractivity contribution in [1.29, 1.82) is 0 Å². The second-order valence-corrected chi connectivity index (χ2v) is 3.23. The number of hydrogen-bond donors (Lipinski definition) is 1. The van der Waals surface area contributed by atoms with Gasteiger partial charge in [0.2, 0.25) is 5.88 Å². The summed E-state index contributed by atoms with van der Waals surface area (Å²) >= 11 is 0. The Morgan fingerprint density at radius 2 is 2.46 bits per heavy atom. The van der Waals surface area contributed by atoms with E-state index in [2.05, 4.69) is 15.3 Å². The third kappa shape index (κ3) is 2.15. The van der Waals surface area contributed by atoms with Gasteiger partial charge in [0.15, 0.2) is 0 Å². The quantitative estimate of drug-likeness (QED) is 0.719. The Kier molecular flexibility index (Phi) is 2.40. The van der Waals surface area contributed by atoms with E-state index in [-0.39, 0.29) is 6.10 Å². The van der Waals surface area contributed by atoms with E-state index in [9.17, 15) is 0 Å². The maximum Gasteiger partial charge on any atom is 0.216 e. The Bertz CT molecular complexity index is 284. The Hall–Kier alpha value is -1.16. The van der Waals surface area contributed by atoms with Crippen LogP contribution in [-0.4, -0.2) is 29.2 Å². The summed E-state index contributed by atoms with van der Waals surface area (Å²) < 4.78 is 5.64. The molecule has 1 atom stereocenters. The normalized spacial score (nSPS) is 21.8. The zero-order chi connectivity index (χ0) is 9.10. The highest BCUT2D eigenvalue weighted by molar-refractivity contribution is 5.12. The molecule has 1 N–H and O–H groups in total. The van der Waals surface area contributed by atoms with Crippen LogP contribution < -0.4 is 10.1 Å². The number of aryl methyl sites for hydroxylation is 1. The summed E-state index contributed by atoms with van der Waals surface area (Å²) in [7, 11) is 0. The summed E-state index contributed by atoms with van der Waals surface area (Å²) in [5, 5.41) is 3.24. The summed E-state index contributed by atoms with van der Waals surface area (Å²) in [6, 6.07) is 1.86. The van der Waals surface area contributed by atoms with Crippen molar-refractivity contribution in [3.63, 3.8) is 0 Å². The molecule has 0 amide bonds. The number of rotatable bonds is 2. The molecule has 13 heavy (non-hydrogen) atoms. The fraction of sp³-hybridized carbons (Fsp3) is 0.556. The average Bonchev–Trinajstić information content (AvgIpc) is 2.57. The molecule has 2 heterocycles. The van der Waals surface area contributed by atoms with Gasteiger partial charge in [-0.15, -0.1) is 0 Å². The van der Waals surface area contributed by atoms with E-state index in [0.29, 0.717) is 5.88 Å². The molecule has 1 aliphatic heterocycles. The van der Waals surface area contributed by atoms with E-state index in [1.807, 2.05) is 13.0 Å². The van der Waals surface area contributed by atoms with Crippen molar-refractivity contribution < 1.29 is 4.74 Å². The first kappa shape index (κ1) is 8.44. The molecule has 4 heteroatoms. The van der Waals surface area contributed by atoms with Crippen LogP contribution in [0, 0.1) is 6.92 Å². The van der Waals surface area contributed by atoms with E-state index >= 15 is 0 Å². The van der Waals surface area contributed by atoms with E-state index in [1.54, 1.807) is 0 Å². The first-order valence-electron chi connectivity index (χ1n) is 4.50. The number of nitrogens with zero attached hydrogens (tertiary/aromatic N) is 2. The van der Waals surface area contributed by atoms with Crippen LogP contribution in [-0.2, 0) is 0 Å². The lowest BCUT2D eigenvalue weighted by Gasteiger charge is -2.10. The van der Waals surface area contributed by atoms with Gasteiger partial charge in [0.25, 0.3) is 0 Å². The molecule has 1 aliphatic rings. The van der Waals surface area contributed by atoms with Crippen molar-refractivity contribution in [1.82, 2.24) is 15.3 Å². The van der Waals surface area contributed by atoms with Crippen molar-refractivity contribution in [3.05, 3.63) is 18.1 Å². The molecule has 1 saturated heterocycles. The average molecular weight is 179 g/mol. The van der Waals surface area contributed by atoms with Gasteiger partial charge in [0.1, 0.15) is 12.4 Å². The van der Waals surface area contributed by atoms with Crippen molar-refractivity contribution in [2.75, 3.05) is 13.1 Å². The number of nitrogens with one attached hydrogen (secondary N) is 1. The topological polar surface area (TPSA) is 47.0 Å². The molecule has 1 fully saturated rings. The monoisotopic (exact) mass is 179 g/mol. The van der Waals surface area contributed by atoms with Gasteiger partial charge in [-0.25, -0.2) is 9.97 Å². The van der Waals surface area contributed by atoms with E-state index in [1.165, 1.54) is 6.33 Å². The maximum absolute atomic E-state index is 5.64. The zero-order valence-electron chi connectivity index (χ0n) is 7.66. The van der Waals surface area contributed by atoms with Crippen molar-refractivity contribution in [3.8, 4) is 5.88 Å². The predicted octanol–water partition coefficient (Wildman–Crippen LogP) is 0.526. The highest BCUT2D eigenvalue weighted by Gasteiger charge is 2.16. The molecule has 70 valence electrons. The lowest BCUT2D eigenvalue weighted by molar-refractivity contribution is 0.213.